The van der Waals surface area contributed by atoms with Crippen molar-refractivity contribution < 1.29 is 4.42 Å². The largest absolute Gasteiger partial charge is 0.466 e. The molecule has 0 aromatic carbocycles. The zero-order chi connectivity index (χ0) is 11.4. The van der Waals surface area contributed by atoms with Gasteiger partial charge < -0.3 is 9.73 Å². The summed E-state index contributed by atoms with van der Waals surface area (Å²) in [5, 5.41) is 4.27. The fourth-order valence-electron chi connectivity index (χ4n) is 2.09. The van der Waals surface area contributed by atoms with Crippen LogP contribution in [-0.4, -0.2) is 17.5 Å². The van der Waals surface area contributed by atoms with Gasteiger partial charge in [-0.25, -0.2) is 0 Å². The van der Waals surface area contributed by atoms with Crippen molar-refractivity contribution in [1.82, 2.24) is 5.32 Å². The van der Waals surface area contributed by atoms with Gasteiger partial charge >= 0.3 is 0 Å². The molecule has 1 aliphatic rings. The van der Waals surface area contributed by atoms with Crippen molar-refractivity contribution in [2.24, 2.45) is 0 Å². The van der Waals surface area contributed by atoms with Crippen LogP contribution in [-0.2, 0) is 0 Å². The van der Waals surface area contributed by atoms with Gasteiger partial charge in [-0.05, 0) is 53.6 Å². The molecule has 1 N–H and O–H groups in total. The van der Waals surface area contributed by atoms with Crippen LogP contribution in [0.4, 0.5) is 0 Å². The van der Waals surface area contributed by atoms with Crippen molar-refractivity contribution in [3.63, 3.8) is 0 Å². The summed E-state index contributed by atoms with van der Waals surface area (Å²) in [6, 6.07) is 2.34. The zero-order valence-corrected chi connectivity index (χ0v) is 11.9. The average Bonchev–Trinajstić information content (AvgIpc) is 2.91. The maximum atomic E-state index is 5.61. The first kappa shape index (κ1) is 12.5. The summed E-state index contributed by atoms with van der Waals surface area (Å²) in [5.41, 5.74) is 0. The highest BCUT2D eigenvalue weighted by Gasteiger charge is 2.29. The standard InChI is InChI=1S/C12H18BrNOS/c1-2-6-14-11(10-4-3-8-16-10)12-9(13)5-7-15-12/h5,7,10-11,14H,2-4,6,8H2,1H3. The van der Waals surface area contributed by atoms with Crippen LogP contribution >= 0.6 is 27.7 Å². The van der Waals surface area contributed by atoms with E-state index in [0.717, 1.165) is 23.2 Å². The molecule has 0 aliphatic carbocycles. The molecule has 2 nitrogen and oxygen atoms in total. The van der Waals surface area contributed by atoms with Gasteiger partial charge in [-0.15, -0.1) is 0 Å². The van der Waals surface area contributed by atoms with Crippen molar-refractivity contribution in [3.8, 4) is 0 Å². The van der Waals surface area contributed by atoms with Crippen LogP contribution in [0.5, 0.6) is 0 Å². The SMILES string of the molecule is CCCNC(c1occc1Br)C1CCCS1. The molecule has 2 atom stereocenters. The number of thioether (sulfide) groups is 1. The Morgan fingerprint density at radius 1 is 1.69 bits per heavy atom. The first-order valence-electron chi connectivity index (χ1n) is 5.90. The number of hydrogen-bond acceptors (Lipinski definition) is 3. The fraction of sp³-hybridized carbons (Fsp3) is 0.667. The lowest BCUT2D eigenvalue weighted by Gasteiger charge is -2.22. The summed E-state index contributed by atoms with van der Waals surface area (Å²) in [4.78, 5) is 0. The molecule has 2 rings (SSSR count). The second-order valence-electron chi connectivity index (χ2n) is 4.12. The Balaban J connectivity index is 2.10. The molecule has 16 heavy (non-hydrogen) atoms. The Morgan fingerprint density at radius 3 is 3.12 bits per heavy atom. The Morgan fingerprint density at radius 2 is 2.56 bits per heavy atom. The van der Waals surface area contributed by atoms with Crippen molar-refractivity contribution in [2.75, 3.05) is 12.3 Å². The molecule has 4 heteroatoms. The van der Waals surface area contributed by atoms with Gasteiger partial charge in [0.05, 0.1) is 16.8 Å². The van der Waals surface area contributed by atoms with Gasteiger partial charge in [-0.1, -0.05) is 6.92 Å². The minimum absolute atomic E-state index is 0.358. The highest BCUT2D eigenvalue weighted by atomic mass is 79.9. The highest BCUT2D eigenvalue weighted by molar-refractivity contribution is 9.10. The lowest BCUT2D eigenvalue weighted by atomic mass is 10.1. The number of halogens is 1. The normalized spacial score (nSPS) is 22.5. The van der Waals surface area contributed by atoms with Gasteiger partial charge in [0.15, 0.2) is 0 Å². The molecule has 1 aliphatic heterocycles. The van der Waals surface area contributed by atoms with E-state index in [4.69, 9.17) is 4.42 Å². The average molecular weight is 304 g/mol. The summed E-state index contributed by atoms with van der Waals surface area (Å²) in [6.45, 7) is 3.25. The zero-order valence-electron chi connectivity index (χ0n) is 9.54. The second kappa shape index (κ2) is 6.12. The lowest BCUT2D eigenvalue weighted by molar-refractivity contribution is 0.398. The van der Waals surface area contributed by atoms with Gasteiger partial charge in [0.1, 0.15) is 5.76 Å². The molecule has 0 spiro atoms. The van der Waals surface area contributed by atoms with Crippen LogP contribution < -0.4 is 5.32 Å². The minimum Gasteiger partial charge on any atom is -0.466 e. The molecule has 2 unspecified atom stereocenters. The quantitative estimate of drug-likeness (QED) is 0.891. The molecule has 1 fully saturated rings. The molecule has 0 bridgehead atoms. The molecule has 90 valence electrons. The summed E-state index contributed by atoms with van der Waals surface area (Å²) in [5.74, 6) is 2.35. The van der Waals surface area contributed by atoms with Gasteiger partial charge in [-0.2, -0.15) is 11.8 Å². The van der Waals surface area contributed by atoms with E-state index in [1.165, 1.54) is 18.6 Å². The van der Waals surface area contributed by atoms with Crippen LogP contribution in [0.25, 0.3) is 0 Å². The van der Waals surface area contributed by atoms with E-state index < -0.39 is 0 Å². The number of rotatable bonds is 5. The number of hydrogen-bond donors (Lipinski definition) is 1. The van der Waals surface area contributed by atoms with Gasteiger partial charge in [0, 0.05) is 5.25 Å². The third kappa shape index (κ3) is 2.84. The van der Waals surface area contributed by atoms with Crippen LogP contribution in [0.3, 0.4) is 0 Å². The maximum absolute atomic E-state index is 5.61. The molecule has 0 amide bonds. The molecule has 1 aromatic rings. The van der Waals surface area contributed by atoms with E-state index >= 15 is 0 Å². The number of furan rings is 1. The summed E-state index contributed by atoms with van der Waals surface area (Å²) < 4.78 is 6.70. The first-order chi connectivity index (χ1) is 7.83. The Bertz CT molecular complexity index is 323. The molecule has 1 aromatic heterocycles. The minimum atomic E-state index is 0.358. The van der Waals surface area contributed by atoms with E-state index in [2.05, 4.69) is 39.9 Å². The van der Waals surface area contributed by atoms with Gasteiger partial charge in [0.25, 0.3) is 0 Å². The summed E-state index contributed by atoms with van der Waals surface area (Å²) in [6.07, 6.45) is 5.54. The van der Waals surface area contributed by atoms with E-state index in [-0.39, 0.29) is 0 Å². The van der Waals surface area contributed by atoms with Crippen molar-refractivity contribution >= 4 is 27.7 Å². The third-order valence-corrected chi connectivity index (χ3v) is 4.99. The predicted octanol–water partition coefficient (Wildman–Crippen LogP) is 3.98. The predicted molar refractivity (Wildman–Crippen MR) is 72.9 cm³/mol. The third-order valence-electron chi connectivity index (χ3n) is 2.88. The van der Waals surface area contributed by atoms with Crippen LogP contribution in [0, 0.1) is 0 Å². The Kier molecular flexibility index (Phi) is 4.79. The Hall–Kier alpha value is 0.0700. The van der Waals surface area contributed by atoms with Crippen LogP contribution in [0.15, 0.2) is 21.2 Å². The maximum Gasteiger partial charge on any atom is 0.135 e. The van der Waals surface area contributed by atoms with Crippen molar-refractivity contribution in [3.05, 3.63) is 22.6 Å². The fourth-order valence-corrected chi connectivity index (χ4v) is 3.92. The molecular weight excluding hydrogens is 286 g/mol. The van der Waals surface area contributed by atoms with E-state index in [0.29, 0.717) is 11.3 Å². The second-order valence-corrected chi connectivity index (χ2v) is 6.32. The van der Waals surface area contributed by atoms with Crippen LogP contribution in [0.2, 0.25) is 0 Å². The molecule has 0 radical (unpaired) electrons. The molecular formula is C12H18BrNOS. The number of nitrogens with one attached hydrogen (secondary N) is 1. The summed E-state index contributed by atoms with van der Waals surface area (Å²) >= 11 is 5.63. The van der Waals surface area contributed by atoms with Crippen LogP contribution in [0.1, 0.15) is 38.0 Å². The van der Waals surface area contributed by atoms with Crippen molar-refractivity contribution in [2.45, 2.75) is 37.5 Å². The summed E-state index contributed by atoms with van der Waals surface area (Å²) in [7, 11) is 0. The Labute approximate surface area is 110 Å². The lowest BCUT2D eigenvalue weighted by Crippen LogP contribution is -2.29. The first-order valence-corrected chi connectivity index (χ1v) is 7.75. The van der Waals surface area contributed by atoms with Gasteiger partial charge in [0.2, 0.25) is 0 Å². The molecule has 0 saturated carbocycles. The highest BCUT2D eigenvalue weighted by Crippen LogP contribution is 2.38. The van der Waals surface area contributed by atoms with E-state index in [1.54, 1.807) is 6.26 Å². The van der Waals surface area contributed by atoms with Crippen molar-refractivity contribution in [1.29, 1.82) is 0 Å². The smallest absolute Gasteiger partial charge is 0.135 e. The van der Waals surface area contributed by atoms with E-state index in [9.17, 15) is 0 Å². The molecule has 1 saturated heterocycles. The van der Waals surface area contributed by atoms with E-state index in [1.807, 2.05) is 6.07 Å². The topological polar surface area (TPSA) is 25.2 Å². The molecule has 2 heterocycles. The monoisotopic (exact) mass is 303 g/mol. The van der Waals surface area contributed by atoms with Gasteiger partial charge in [-0.3, -0.25) is 0 Å².